The summed E-state index contributed by atoms with van der Waals surface area (Å²) in [7, 11) is 0. The van der Waals surface area contributed by atoms with Gasteiger partial charge in [0, 0.05) is 23.6 Å². The average molecular weight is 241 g/mol. The van der Waals surface area contributed by atoms with Crippen LogP contribution < -0.4 is 11.1 Å². The van der Waals surface area contributed by atoms with Gasteiger partial charge in [0.2, 0.25) is 5.91 Å². The highest BCUT2D eigenvalue weighted by molar-refractivity contribution is 5.93. The van der Waals surface area contributed by atoms with Crippen LogP contribution in [0, 0.1) is 0 Å². The molecule has 2 rings (SSSR count). The lowest BCUT2D eigenvalue weighted by molar-refractivity contribution is 0.100. The van der Waals surface area contributed by atoms with E-state index in [9.17, 15) is 4.79 Å². The van der Waals surface area contributed by atoms with E-state index < -0.39 is 5.91 Å². The summed E-state index contributed by atoms with van der Waals surface area (Å²) in [4.78, 5) is 15.2. The van der Waals surface area contributed by atoms with Crippen LogP contribution in [0.1, 0.15) is 28.9 Å². The lowest BCUT2D eigenvalue weighted by Gasteiger charge is -2.15. The first-order chi connectivity index (χ1) is 8.66. The maximum absolute atomic E-state index is 11.1. The van der Waals surface area contributed by atoms with E-state index >= 15 is 0 Å². The molecular formula is C14H15N3O. The number of pyridine rings is 1. The van der Waals surface area contributed by atoms with Crippen LogP contribution in [0.4, 0.5) is 5.69 Å². The zero-order valence-electron chi connectivity index (χ0n) is 10.1. The molecule has 0 spiro atoms. The van der Waals surface area contributed by atoms with Gasteiger partial charge in [-0.3, -0.25) is 9.78 Å². The number of hydrogen-bond acceptors (Lipinski definition) is 3. The third-order valence-electron chi connectivity index (χ3n) is 2.71. The highest BCUT2D eigenvalue weighted by atomic mass is 16.1. The van der Waals surface area contributed by atoms with Crippen LogP contribution in [-0.2, 0) is 0 Å². The number of carbonyl (C=O) groups excluding carboxylic acids is 1. The molecule has 1 unspecified atom stereocenters. The normalized spacial score (nSPS) is 11.8. The van der Waals surface area contributed by atoms with Crippen molar-refractivity contribution in [1.82, 2.24) is 4.98 Å². The molecule has 1 atom stereocenters. The molecule has 1 heterocycles. The molecule has 0 aliphatic heterocycles. The number of nitrogens with one attached hydrogen (secondary N) is 1. The maximum atomic E-state index is 11.1. The molecule has 92 valence electrons. The number of hydrogen-bond donors (Lipinski definition) is 2. The molecule has 0 bridgehead atoms. The topological polar surface area (TPSA) is 68.0 Å². The Morgan fingerprint density at radius 2 is 2.17 bits per heavy atom. The molecule has 0 radical (unpaired) electrons. The van der Waals surface area contributed by atoms with Crippen molar-refractivity contribution in [3.8, 4) is 0 Å². The van der Waals surface area contributed by atoms with Crippen LogP contribution in [0.2, 0.25) is 0 Å². The molecule has 4 heteroatoms. The largest absolute Gasteiger partial charge is 0.378 e. The van der Waals surface area contributed by atoms with Crippen LogP contribution >= 0.6 is 0 Å². The van der Waals surface area contributed by atoms with Gasteiger partial charge in [-0.25, -0.2) is 0 Å². The van der Waals surface area contributed by atoms with Crippen molar-refractivity contribution in [3.63, 3.8) is 0 Å². The minimum atomic E-state index is -0.423. The second kappa shape index (κ2) is 5.31. The van der Waals surface area contributed by atoms with Gasteiger partial charge in [-0.1, -0.05) is 12.1 Å². The quantitative estimate of drug-likeness (QED) is 0.863. The zero-order valence-corrected chi connectivity index (χ0v) is 10.1. The van der Waals surface area contributed by atoms with Crippen molar-refractivity contribution in [3.05, 3.63) is 59.9 Å². The van der Waals surface area contributed by atoms with Gasteiger partial charge in [0.25, 0.3) is 0 Å². The standard InChI is InChI=1S/C14H15N3O/c1-10(12-5-3-7-16-9-12)17-13-6-2-4-11(8-13)14(15)18/h2-10,17H,1H3,(H2,15,18). The molecule has 1 amide bonds. The highest BCUT2D eigenvalue weighted by Gasteiger charge is 2.06. The van der Waals surface area contributed by atoms with Crippen LogP contribution in [0.15, 0.2) is 48.8 Å². The summed E-state index contributed by atoms with van der Waals surface area (Å²) < 4.78 is 0. The van der Waals surface area contributed by atoms with Gasteiger partial charge in [0.05, 0.1) is 6.04 Å². The van der Waals surface area contributed by atoms with E-state index in [2.05, 4.69) is 10.3 Å². The second-order valence-corrected chi connectivity index (χ2v) is 4.10. The Bertz CT molecular complexity index is 540. The maximum Gasteiger partial charge on any atom is 0.248 e. The summed E-state index contributed by atoms with van der Waals surface area (Å²) in [6.07, 6.45) is 3.56. The number of anilines is 1. The van der Waals surface area contributed by atoms with E-state index in [0.29, 0.717) is 5.56 Å². The molecule has 0 aliphatic carbocycles. The summed E-state index contributed by atoms with van der Waals surface area (Å²) in [5.41, 5.74) is 7.70. The third kappa shape index (κ3) is 2.85. The second-order valence-electron chi connectivity index (χ2n) is 4.10. The Balaban J connectivity index is 2.14. The van der Waals surface area contributed by atoms with E-state index in [1.54, 1.807) is 24.4 Å². The lowest BCUT2D eigenvalue weighted by atomic mass is 10.1. The van der Waals surface area contributed by atoms with Gasteiger partial charge in [-0.2, -0.15) is 0 Å². The molecule has 0 aliphatic rings. The predicted molar refractivity (Wildman–Crippen MR) is 71.2 cm³/mol. The molecular weight excluding hydrogens is 226 g/mol. The van der Waals surface area contributed by atoms with Gasteiger partial charge < -0.3 is 11.1 Å². The van der Waals surface area contributed by atoms with Crippen LogP contribution in [-0.4, -0.2) is 10.9 Å². The molecule has 1 aromatic carbocycles. The fourth-order valence-corrected chi connectivity index (χ4v) is 1.73. The summed E-state index contributed by atoms with van der Waals surface area (Å²) in [6, 6.07) is 11.2. The molecule has 3 N–H and O–H groups in total. The number of rotatable bonds is 4. The third-order valence-corrected chi connectivity index (χ3v) is 2.71. The van der Waals surface area contributed by atoms with Crippen molar-refractivity contribution in [1.29, 1.82) is 0 Å². The number of carbonyl (C=O) groups is 1. The molecule has 2 aromatic rings. The van der Waals surface area contributed by atoms with Gasteiger partial charge in [0.15, 0.2) is 0 Å². The monoisotopic (exact) mass is 241 g/mol. The van der Waals surface area contributed by atoms with Gasteiger partial charge >= 0.3 is 0 Å². The minimum absolute atomic E-state index is 0.113. The Labute approximate surface area is 106 Å². The number of nitrogens with zero attached hydrogens (tertiary/aromatic N) is 1. The number of aromatic nitrogens is 1. The predicted octanol–water partition coefficient (Wildman–Crippen LogP) is 2.35. The number of primary amides is 1. The zero-order chi connectivity index (χ0) is 13.0. The van der Waals surface area contributed by atoms with E-state index in [0.717, 1.165) is 11.3 Å². The van der Waals surface area contributed by atoms with Crippen molar-refractivity contribution < 1.29 is 4.79 Å². The highest BCUT2D eigenvalue weighted by Crippen LogP contribution is 2.19. The number of amides is 1. The molecule has 0 saturated carbocycles. The number of benzene rings is 1. The SMILES string of the molecule is CC(Nc1cccc(C(N)=O)c1)c1cccnc1. The van der Waals surface area contributed by atoms with Crippen LogP contribution in [0.3, 0.4) is 0 Å². The summed E-state index contributed by atoms with van der Waals surface area (Å²) >= 11 is 0. The fourth-order valence-electron chi connectivity index (χ4n) is 1.73. The minimum Gasteiger partial charge on any atom is -0.378 e. The average Bonchev–Trinajstić information content (AvgIpc) is 2.40. The molecule has 4 nitrogen and oxygen atoms in total. The summed E-state index contributed by atoms with van der Waals surface area (Å²) in [5, 5.41) is 3.31. The first kappa shape index (κ1) is 12.1. The van der Waals surface area contributed by atoms with Gasteiger partial charge in [0.1, 0.15) is 0 Å². The smallest absolute Gasteiger partial charge is 0.248 e. The lowest BCUT2D eigenvalue weighted by Crippen LogP contribution is -2.12. The molecule has 0 fully saturated rings. The Morgan fingerprint density at radius 3 is 2.83 bits per heavy atom. The number of nitrogens with two attached hydrogens (primary N) is 1. The Morgan fingerprint density at radius 1 is 1.33 bits per heavy atom. The summed E-state index contributed by atoms with van der Waals surface area (Å²) in [6.45, 7) is 2.04. The first-order valence-electron chi connectivity index (χ1n) is 5.73. The van der Waals surface area contributed by atoms with Crippen LogP contribution in [0.5, 0.6) is 0 Å². The Hall–Kier alpha value is -2.36. The Kier molecular flexibility index (Phi) is 3.57. The van der Waals surface area contributed by atoms with Crippen molar-refractivity contribution in [2.45, 2.75) is 13.0 Å². The molecule has 0 saturated heterocycles. The molecule has 1 aromatic heterocycles. The van der Waals surface area contributed by atoms with Crippen molar-refractivity contribution in [2.75, 3.05) is 5.32 Å². The summed E-state index contributed by atoms with van der Waals surface area (Å²) in [5.74, 6) is -0.423. The van der Waals surface area contributed by atoms with E-state index in [1.165, 1.54) is 0 Å². The van der Waals surface area contributed by atoms with Gasteiger partial charge in [-0.15, -0.1) is 0 Å². The fraction of sp³-hybridized carbons (Fsp3) is 0.143. The van der Waals surface area contributed by atoms with E-state index in [4.69, 9.17) is 5.73 Å². The van der Waals surface area contributed by atoms with E-state index in [1.807, 2.05) is 31.3 Å². The van der Waals surface area contributed by atoms with E-state index in [-0.39, 0.29) is 6.04 Å². The van der Waals surface area contributed by atoms with Crippen molar-refractivity contribution >= 4 is 11.6 Å². The van der Waals surface area contributed by atoms with Gasteiger partial charge in [-0.05, 0) is 36.8 Å². The van der Waals surface area contributed by atoms with Crippen molar-refractivity contribution in [2.24, 2.45) is 5.73 Å². The molecule has 18 heavy (non-hydrogen) atoms. The van der Waals surface area contributed by atoms with Crippen LogP contribution in [0.25, 0.3) is 0 Å². The first-order valence-corrected chi connectivity index (χ1v) is 5.73.